The third-order valence-corrected chi connectivity index (χ3v) is 7.85. The normalized spacial score (nSPS) is 20.6. The standard InChI is InChI=1S/C17H17N7O5S3/c1-29-23-10(8-5-32-17(18)21-8)13(25)22-11-14(26)24-12(16(27)28)9(6-31-15(11)24)30-4-7-2-19-20-3-7/h2-3,5,11,15H,4,6H2,1H3,(H2,18,21)(H,19,20)(H,22,25)(H,27,28)/b23-10-/t11-,15+/m1/s1. The number of carboxylic acids is 1. The van der Waals surface area contributed by atoms with Crippen LogP contribution in [-0.2, 0) is 25.0 Å². The lowest BCUT2D eigenvalue weighted by atomic mass is 10.0. The van der Waals surface area contributed by atoms with E-state index >= 15 is 0 Å². The molecule has 4 rings (SSSR count). The lowest BCUT2D eigenvalue weighted by molar-refractivity contribution is -0.150. The Morgan fingerprint density at radius 2 is 2.34 bits per heavy atom. The zero-order valence-corrected chi connectivity index (χ0v) is 18.9. The lowest BCUT2D eigenvalue weighted by Gasteiger charge is -2.49. The fourth-order valence-corrected chi connectivity index (χ4v) is 6.23. The number of β-lactam (4-membered cyclic amide) rings is 1. The van der Waals surface area contributed by atoms with Gasteiger partial charge in [0.05, 0.1) is 6.20 Å². The van der Waals surface area contributed by atoms with E-state index in [-0.39, 0.29) is 22.2 Å². The number of anilines is 1. The van der Waals surface area contributed by atoms with Crippen LogP contribution in [0.25, 0.3) is 0 Å². The second kappa shape index (κ2) is 9.22. The van der Waals surface area contributed by atoms with E-state index in [1.807, 2.05) is 0 Å². The number of thioether (sulfide) groups is 2. The summed E-state index contributed by atoms with van der Waals surface area (Å²) in [6, 6.07) is -0.902. The van der Waals surface area contributed by atoms with E-state index in [1.165, 1.54) is 35.5 Å². The first-order chi connectivity index (χ1) is 15.4. The quantitative estimate of drug-likeness (QED) is 0.228. The smallest absolute Gasteiger partial charge is 0.353 e. The van der Waals surface area contributed by atoms with Crippen LogP contribution in [0.15, 0.2) is 33.5 Å². The van der Waals surface area contributed by atoms with Crippen LogP contribution >= 0.6 is 34.9 Å². The number of nitrogen functional groups attached to an aromatic ring is 1. The molecule has 4 heterocycles. The van der Waals surface area contributed by atoms with Gasteiger partial charge in [0.25, 0.3) is 11.8 Å². The van der Waals surface area contributed by atoms with Crippen LogP contribution in [0.2, 0.25) is 0 Å². The number of aromatic amines is 1. The molecule has 2 aromatic heterocycles. The van der Waals surface area contributed by atoms with Gasteiger partial charge >= 0.3 is 5.97 Å². The fraction of sp³-hybridized carbons (Fsp3) is 0.294. The summed E-state index contributed by atoms with van der Waals surface area (Å²) in [6.45, 7) is 0. The van der Waals surface area contributed by atoms with Crippen molar-refractivity contribution in [1.29, 1.82) is 0 Å². The highest BCUT2D eigenvalue weighted by Crippen LogP contribution is 2.44. The summed E-state index contributed by atoms with van der Waals surface area (Å²) in [4.78, 5) is 48.1. The van der Waals surface area contributed by atoms with E-state index in [0.29, 0.717) is 16.4 Å². The van der Waals surface area contributed by atoms with Gasteiger partial charge < -0.3 is 21.0 Å². The molecule has 0 aromatic carbocycles. The van der Waals surface area contributed by atoms with E-state index in [9.17, 15) is 19.5 Å². The van der Waals surface area contributed by atoms with E-state index in [2.05, 4.69) is 25.7 Å². The van der Waals surface area contributed by atoms with Gasteiger partial charge in [0.1, 0.15) is 29.9 Å². The number of carboxylic acid groups (broad SMARTS) is 1. The first kappa shape index (κ1) is 22.2. The second-order valence-electron chi connectivity index (χ2n) is 6.53. The molecule has 2 aliphatic heterocycles. The number of oxime groups is 1. The molecule has 0 bridgehead atoms. The zero-order chi connectivity index (χ0) is 22.8. The third kappa shape index (κ3) is 4.18. The number of fused-ring (bicyclic) bond motifs is 1. The number of aliphatic carboxylic acids is 1. The average Bonchev–Trinajstić information content (AvgIpc) is 3.45. The molecule has 0 aliphatic carbocycles. The minimum atomic E-state index is -1.19. The van der Waals surface area contributed by atoms with E-state index in [4.69, 9.17) is 10.6 Å². The monoisotopic (exact) mass is 495 g/mol. The van der Waals surface area contributed by atoms with Crippen molar-refractivity contribution >= 4 is 63.5 Å². The van der Waals surface area contributed by atoms with Crippen LogP contribution in [-0.4, -0.2) is 73.0 Å². The number of rotatable bonds is 8. The molecule has 1 saturated heterocycles. The SMILES string of the molecule is CO/N=C(\C(=O)N[C@@H]1C(=O)N2C(C(=O)O)=C(SCc3cn[nH]c3)CS[C@@H]12)c1csc(N)n1. The van der Waals surface area contributed by atoms with Gasteiger partial charge in [0.2, 0.25) is 0 Å². The van der Waals surface area contributed by atoms with Gasteiger partial charge in [-0.1, -0.05) is 5.16 Å². The molecule has 2 aliphatic rings. The minimum Gasteiger partial charge on any atom is -0.477 e. The number of amides is 2. The van der Waals surface area contributed by atoms with Crippen molar-refractivity contribution in [3.05, 3.63) is 39.6 Å². The summed E-state index contributed by atoms with van der Waals surface area (Å²) >= 11 is 3.85. The third-order valence-electron chi connectivity index (χ3n) is 4.55. The van der Waals surface area contributed by atoms with E-state index < -0.39 is 29.2 Å². The molecule has 0 saturated carbocycles. The van der Waals surface area contributed by atoms with Gasteiger partial charge in [-0.3, -0.25) is 19.6 Å². The molecule has 0 radical (unpaired) electrons. The van der Waals surface area contributed by atoms with E-state index in [0.717, 1.165) is 16.9 Å². The highest BCUT2D eigenvalue weighted by molar-refractivity contribution is 8.05. The lowest BCUT2D eigenvalue weighted by Crippen LogP contribution is -2.71. The number of carbonyl (C=O) groups is 3. The van der Waals surface area contributed by atoms with E-state index in [1.54, 1.807) is 17.8 Å². The molecular formula is C17H17N7O5S3. The maximum Gasteiger partial charge on any atom is 0.353 e. The van der Waals surface area contributed by atoms with Crippen molar-refractivity contribution in [3.63, 3.8) is 0 Å². The summed E-state index contributed by atoms with van der Waals surface area (Å²) in [5, 5.41) is 23.9. The molecule has 168 valence electrons. The van der Waals surface area contributed by atoms with Crippen molar-refractivity contribution in [2.24, 2.45) is 5.16 Å². The van der Waals surface area contributed by atoms with Crippen LogP contribution in [0.4, 0.5) is 5.13 Å². The number of nitrogens with zero attached hydrogens (tertiary/aromatic N) is 4. The number of nitrogens with one attached hydrogen (secondary N) is 2. The van der Waals surface area contributed by atoms with Gasteiger partial charge in [-0.2, -0.15) is 5.10 Å². The summed E-state index contributed by atoms with van der Waals surface area (Å²) < 4.78 is 0. The molecule has 32 heavy (non-hydrogen) atoms. The summed E-state index contributed by atoms with van der Waals surface area (Å²) in [7, 11) is 1.28. The Kier molecular flexibility index (Phi) is 6.38. The number of hydrogen-bond donors (Lipinski definition) is 4. The Hall–Kier alpha value is -3.04. The Labute approximate surface area is 193 Å². The molecule has 2 aromatic rings. The zero-order valence-electron chi connectivity index (χ0n) is 16.5. The molecule has 5 N–H and O–H groups in total. The Morgan fingerprint density at radius 3 is 2.97 bits per heavy atom. The first-order valence-corrected chi connectivity index (χ1v) is 12.0. The number of H-pyrrole nitrogens is 1. The van der Waals surface area contributed by atoms with Crippen LogP contribution < -0.4 is 11.1 Å². The number of thiazole rings is 1. The van der Waals surface area contributed by atoms with Crippen molar-refractivity contribution in [3.8, 4) is 0 Å². The maximum atomic E-state index is 12.8. The number of aromatic nitrogens is 3. The number of carbonyl (C=O) groups excluding carboxylic acids is 2. The molecule has 1 fully saturated rings. The molecule has 0 spiro atoms. The van der Waals surface area contributed by atoms with Gasteiger partial charge in [-0.25, -0.2) is 9.78 Å². The Bertz CT molecular complexity index is 1110. The Balaban J connectivity index is 1.49. The van der Waals surface area contributed by atoms with Gasteiger partial charge in [0, 0.05) is 33.6 Å². The predicted octanol–water partition coefficient (Wildman–Crippen LogP) is 0.428. The van der Waals surface area contributed by atoms with Crippen molar-refractivity contribution in [2.45, 2.75) is 17.2 Å². The highest BCUT2D eigenvalue weighted by atomic mass is 32.2. The van der Waals surface area contributed by atoms with Gasteiger partial charge in [0.15, 0.2) is 10.8 Å². The molecule has 0 unspecified atom stereocenters. The van der Waals surface area contributed by atoms with Crippen LogP contribution in [0.5, 0.6) is 0 Å². The van der Waals surface area contributed by atoms with Gasteiger partial charge in [-0.05, 0) is 0 Å². The average molecular weight is 496 g/mol. The molecular weight excluding hydrogens is 478 g/mol. The van der Waals surface area contributed by atoms with Crippen LogP contribution in [0, 0.1) is 0 Å². The molecule has 12 nitrogen and oxygen atoms in total. The molecule has 2 atom stereocenters. The first-order valence-electron chi connectivity index (χ1n) is 9.05. The minimum absolute atomic E-state index is 0.0594. The topological polar surface area (TPSA) is 176 Å². The highest BCUT2D eigenvalue weighted by Gasteiger charge is 2.54. The maximum absolute atomic E-state index is 12.8. The summed E-state index contributed by atoms with van der Waals surface area (Å²) in [5.41, 5.74) is 6.56. The number of nitrogens with two attached hydrogens (primary N) is 1. The van der Waals surface area contributed by atoms with Gasteiger partial charge in [-0.15, -0.1) is 34.9 Å². The Morgan fingerprint density at radius 1 is 1.53 bits per heavy atom. The summed E-state index contributed by atoms with van der Waals surface area (Å²) in [6.07, 6.45) is 3.38. The summed E-state index contributed by atoms with van der Waals surface area (Å²) in [5.74, 6) is -1.46. The fourth-order valence-electron chi connectivity index (χ4n) is 3.13. The van der Waals surface area contributed by atoms with Crippen molar-refractivity contribution < 1.29 is 24.3 Å². The largest absolute Gasteiger partial charge is 0.477 e. The second-order valence-corrected chi connectivity index (χ2v) is 9.59. The number of hydrogen-bond acceptors (Lipinski definition) is 11. The van der Waals surface area contributed by atoms with Crippen molar-refractivity contribution in [2.75, 3.05) is 18.6 Å². The van der Waals surface area contributed by atoms with Crippen LogP contribution in [0.1, 0.15) is 11.3 Å². The predicted molar refractivity (Wildman–Crippen MR) is 120 cm³/mol. The molecule has 2 amide bonds. The molecule has 15 heteroatoms. The van der Waals surface area contributed by atoms with Crippen molar-refractivity contribution in [1.82, 2.24) is 25.4 Å². The van der Waals surface area contributed by atoms with Crippen LogP contribution in [0.3, 0.4) is 0 Å².